The van der Waals surface area contributed by atoms with Crippen LogP contribution in [0, 0.1) is 5.41 Å². The van der Waals surface area contributed by atoms with Crippen LogP contribution in [0.15, 0.2) is 55.0 Å². The number of carbonyl (C=O) groups excluding carboxylic acids is 1. The lowest BCUT2D eigenvalue weighted by Crippen LogP contribution is -2.32. The number of imidazole rings is 1. The van der Waals surface area contributed by atoms with Crippen LogP contribution in [0.1, 0.15) is 35.0 Å². The Morgan fingerprint density at radius 2 is 1.87 bits per heavy atom. The lowest BCUT2D eigenvalue weighted by Gasteiger charge is -2.20. The first kappa shape index (κ1) is 25.2. The largest absolute Gasteiger partial charge is 0.481 e. The van der Waals surface area contributed by atoms with Crippen molar-refractivity contribution in [3.05, 3.63) is 71.8 Å². The number of ketones is 1. The van der Waals surface area contributed by atoms with Crippen molar-refractivity contribution < 1.29 is 27.9 Å². The minimum atomic E-state index is -4.52. The lowest BCUT2D eigenvalue weighted by atomic mass is 9.90. The van der Waals surface area contributed by atoms with E-state index in [4.69, 9.17) is 10.7 Å². The third kappa shape index (κ3) is 4.53. The summed E-state index contributed by atoms with van der Waals surface area (Å²) in [5, 5.41) is 9.63. The van der Waals surface area contributed by atoms with E-state index in [1.165, 1.54) is 6.20 Å². The number of hydrogen-bond acceptors (Lipinski definition) is 7. The molecule has 5 rings (SSSR count). The number of aromatic nitrogens is 4. The summed E-state index contributed by atoms with van der Waals surface area (Å²) in [6.07, 6.45) is -0.0681. The van der Waals surface area contributed by atoms with E-state index in [-0.39, 0.29) is 30.3 Å². The second-order valence-corrected chi connectivity index (χ2v) is 9.54. The Bertz CT molecular complexity index is 1550. The maximum Gasteiger partial charge on any atom is 0.416 e. The molecule has 0 spiro atoms. The average Bonchev–Trinajstić information content (AvgIpc) is 3.46. The molecular formula is C26H23F3N6O3. The third-order valence-electron chi connectivity index (χ3n) is 6.80. The second kappa shape index (κ2) is 9.12. The molecule has 3 aromatic heterocycles. The fourth-order valence-corrected chi connectivity index (χ4v) is 4.61. The summed E-state index contributed by atoms with van der Waals surface area (Å²) in [6.45, 7) is 2.48. The van der Waals surface area contributed by atoms with Crippen molar-refractivity contribution in [3.8, 4) is 11.3 Å². The highest BCUT2D eigenvalue weighted by Crippen LogP contribution is 2.37. The van der Waals surface area contributed by atoms with E-state index in [2.05, 4.69) is 9.97 Å². The van der Waals surface area contributed by atoms with Gasteiger partial charge in [-0.25, -0.2) is 9.97 Å². The number of pyridine rings is 1. The molecule has 4 aromatic rings. The number of nitrogens with zero attached hydrogens (tertiary/aromatic N) is 5. The number of carbonyl (C=O) groups is 2. The van der Waals surface area contributed by atoms with E-state index >= 15 is 0 Å². The van der Waals surface area contributed by atoms with Crippen molar-refractivity contribution in [3.63, 3.8) is 0 Å². The highest BCUT2D eigenvalue weighted by Gasteiger charge is 2.42. The molecule has 3 N–H and O–H groups in total. The smallest absolute Gasteiger partial charge is 0.416 e. The number of benzene rings is 1. The van der Waals surface area contributed by atoms with Gasteiger partial charge in [0.05, 0.1) is 17.4 Å². The van der Waals surface area contributed by atoms with Crippen LogP contribution in [-0.2, 0) is 17.4 Å². The first-order valence-corrected chi connectivity index (χ1v) is 11.7. The summed E-state index contributed by atoms with van der Waals surface area (Å²) in [5.74, 6) is -0.491. The van der Waals surface area contributed by atoms with Crippen LogP contribution in [0.3, 0.4) is 0 Å². The van der Waals surface area contributed by atoms with Gasteiger partial charge in [-0.3, -0.25) is 19.0 Å². The van der Waals surface area contributed by atoms with Crippen LogP contribution in [0.4, 0.5) is 24.9 Å². The van der Waals surface area contributed by atoms with Crippen molar-refractivity contribution in [2.45, 2.75) is 25.9 Å². The summed E-state index contributed by atoms with van der Waals surface area (Å²) in [4.78, 5) is 39.2. The number of hydrogen-bond donors (Lipinski definition) is 2. The number of Topliss-reactive ketones (excluding diaryl/α,β-unsaturated/α-hetero) is 1. The summed E-state index contributed by atoms with van der Waals surface area (Å²) in [5.41, 5.74) is 6.45. The number of nitrogen functional groups attached to an aromatic ring is 1. The number of anilines is 2. The molecule has 1 aliphatic rings. The van der Waals surface area contributed by atoms with Crippen LogP contribution < -0.4 is 10.6 Å². The average molecular weight is 525 g/mol. The maximum atomic E-state index is 13.0. The second-order valence-electron chi connectivity index (χ2n) is 9.54. The summed E-state index contributed by atoms with van der Waals surface area (Å²) in [6, 6.07) is 8.22. The molecule has 1 atom stereocenters. The summed E-state index contributed by atoms with van der Waals surface area (Å²) < 4.78 is 40.7. The first-order valence-electron chi connectivity index (χ1n) is 11.7. The van der Waals surface area contributed by atoms with Gasteiger partial charge >= 0.3 is 12.1 Å². The van der Waals surface area contributed by atoms with Gasteiger partial charge in [0.15, 0.2) is 5.78 Å². The van der Waals surface area contributed by atoms with Gasteiger partial charge in [-0.15, -0.1) is 0 Å². The molecule has 1 saturated heterocycles. The van der Waals surface area contributed by atoms with Crippen LogP contribution in [0.25, 0.3) is 16.8 Å². The zero-order chi connectivity index (χ0) is 27.2. The van der Waals surface area contributed by atoms with Gasteiger partial charge < -0.3 is 15.7 Å². The van der Waals surface area contributed by atoms with Crippen LogP contribution in [-0.4, -0.2) is 49.3 Å². The Kier molecular flexibility index (Phi) is 6.04. The number of nitrogens with two attached hydrogens (primary N) is 1. The van der Waals surface area contributed by atoms with Gasteiger partial charge in [0.2, 0.25) is 5.95 Å². The van der Waals surface area contributed by atoms with Gasteiger partial charge in [-0.1, -0.05) is 24.3 Å². The molecule has 0 radical (unpaired) electrons. The Balaban J connectivity index is 1.44. The molecule has 1 aromatic carbocycles. The quantitative estimate of drug-likeness (QED) is 0.361. The topological polar surface area (TPSA) is 127 Å². The van der Waals surface area contributed by atoms with Crippen LogP contribution in [0.5, 0.6) is 0 Å². The number of halogens is 3. The molecule has 0 unspecified atom stereocenters. The van der Waals surface area contributed by atoms with Crippen molar-refractivity contribution in [2.24, 2.45) is 5.41 Å². The normalized spacial score (nSPS) is 17.7. The highest BCUT2D eigenvalue weighted by atomic mass is 19.4. The lowest BCUT2D eigenvalue weighted by molar-refractivity contribution is -0.146. The molecule has 0 bridgehead atoms. The van der Waals surface area contributed by atoms with Crippen molar-refractivity contribution in [2.75, 3.05) is 23.7 Å². The molecule has 0 saturated carbocycles. The van der Waals surface area contributed by atoms with Gasteiger partial charge in [0, 0.05) is 48.5 Å². The zero-order valence-corrected chi connectivity index (χ0v) is 20.2. The predicted molar refractivity (Wildman–Crippen MR) is 133 cm³/mol. The maximum absolute atomic E-state index is 13.0. The number of carboxylic acid groups (broad SMARTS) is 1. The van der Waals surface area contributed by atoms with Gasteiger partial charge in [0.1, 0.15) is 17.0 Å². The van der Waals surface area contributed by atoms with Crippen molar-refractivity contribution in [1.29, 1.82) is 0 Å². The predicted octanol–water partition coefficient (Wildman–Crippen LogP) is 4.12. The molecular weight excluding hydrogens is 501 g/mol. The van der Waals surface area contributed by atoms with E-state index in [1.807, 2.05) is 4.90 Å². The molecule has 38 heavy (non-hydrogen) atoms. The number of alkyl halides is 3. The van der Waals surface area contributed by atoms with E-state index in [1.54, 1.807) is 41.8 Å². The van der Waals surface area contributed by atoms with E-state index < -0.39 is 23.1 Å². The highest BCUT2D eigenvalue weighted by molar-refractivity contribution is 5.98. The van der Waals surface area contributed by atoms with Gasteiger partial charge in [0.25, 0.3) is 0 Å². The van der Waals surface area contributed by atoms with E-state index in [0.717, 1.165) is 18.3 Å². The van der Waals surface area contributed by atoms with Crippen molar-refractivity contribution in [1.82, 2.24) is 19.4 Å². The molecule has 4 heterocycles. The SMILES string of the molecule is C[C@@]1(C(=O)O)CCN(c2nc(-c3ccc(C(=O)Cc4cc(C(F)(F)F)ccn4)cc3)c3c(N)nccn23)C1. The number of carboxylic acids is 1. The molecule has 0 aliphatic carbocycles. The molecule has 1 aliphatic heterocycles. The molecule has 9 nitrogen and oxygen atoms in total. The molecule has 196 valence electrons. The summed E-state index contributed by atoms with van der Waals surface area (Å²) >= 11 is 0. The van der Waals surface area contributed by atoms with Gasteiger partial charge in [-0.05, 0) is 25.5 Å². The van der Waals surface area contributed by atoms with Gasteiger partial charge in [-0.2, -0.15) is 13.2 Å². The Labute approximate surface area is 214 Å². The van der Waals surface area contributed by atoms with Crippen LogP contribution in [0.2, 0.25) is 0 Å². The summed E-state index contributed by atoms with van der Waals surface area (Å²) in [7, 11) is 0. The van der Waals surface area contributed by atoms with Crippen molar-refractivity contribution >= 4 is 29.0 Å². The fraction of sp³-hybridized carbons (Fsp3) is 0.269. The standard InChI is InChI=1S/C26H23F3N6O3/c1-25(23(37)38)7-10-34(14-25)24-33-20(21-22(30)32-9-11-35(21)24)16-4-2-15(3-5-16)19(36)13-18-12-17(6-8-31-18)26(27,28)29/h2-6,8-9,11-12H,7,10,13-14H2,1H3,(H2,30,32)(H,37,38)/t25-/m1/s1. The minimum absolute atomic E-state index is 0.0245. The number of aliphatic carboxylic acids is 1. The zero-order valence-electron chi connectivity index (χ0n) is 20.2. The Hall–Kier alpha value is -4.48. The fourth-order valence-electron chi connectivity index (χ4n) is 4.61. The third-order valence-corrected chi connectivity index (χ3v) is 6.80. The molecule has 12 heteroatoms. The number of fused-ring (bicyclic) bond motifs is 1. The van der Waals surface area contributed by atoms with E-state index in [9.17, 15) is 27.9 Å². The first-order chi connectivity index (χ1) is 18.0. The number of rotatable bonds is 6. The van der Waals surface area contributed by atoms with E-state index in [0.29, 0.717) is 41.3 Å². The Morgan fingerprint density at radius 1 is 1.13 bits per heavy atom. The monoisotopic (exact) mass is 524 g/mol. The van der Waals surface area contributed by atoms with Crippen LogP contribution >= 0.6 is 0 Å². The Morgan fingerprint density at radius 3 is 2.53 bits per heavy atom. The molecule has 1 fully saturated rings. The minimum Gasteiger partial charge on any atom is -0.481 e. The molecule has 0 amide bonds.